The Morgan fingerprint density at radius 1 is 1.32 bits per heavy atom. The van der Waals surface area contributed by atoms with Crippen molar-refractivity contribution in [1.82, 2.24) is 0 Å². The molecular weight excluding hydrogens is 304 g/mol. The minimum atomic E-state index is -0.173. The van der Waals surface area contributed by atoms with E-state index in [2.05, 4.69) is 54.0 Å². The smallest absolute Gasteiger partial charge is 0.319 e. The number of ether oxygens (including phenoxy) is 1. The molecule has 1 aromatic carbocycles. The summed E-state index contributed by atoms with van der Waals surface area (Å²) >= 11 is 3.41. The Labute approximate surface area is 124 Å². The quantitative estimate of drug-likeness (QED) is 0.401. The van der Waals surface area contributed by atoms with Gasteiger partial charge in [-0.05, 0) is 43.7 Å². The molecule has 0 aliphatic heterocycles. The monoisotopic (exact) mass is 326 g/mol. The predicted octanol–water partition coefficient (Wildman–Crippen LogP) is 4.42. The van der Waals surface area contributed by atoms with Crippen molar-refractivity contribution < 1.29 is 9.53 Å². The van der Waals surface area contributed by atoms with Gasteiger partial charge in [-0.1, -0.05) is 53.5 Å². The van der Waals surface area contributed by atoms with E-state index in [1.807, 2.05) is 0 Å². The molecule has 0 aromatic heterocycles. The molecule has 19 heavy (non-hydrogen) atoms. The van der Waals surface area contributed by atoms with Crippen LogP contribution in [0.2, 0.25) is 0 Å². The van der Waals surface area contributed by atoms with Gasteiger partial charge in [-0.15, -0.1) is 0 Å². The summed E-state index contributed by atoms with van der Waals surface area (Å²) in [5.41, 5.74) is 2.68. The molecule has 1 aromatic rings. The zero-order valence-corrected chi connectivity index (χ0v) is 13.4. The maximum Gasteiger partial charge on any atom is 0.319 e. The molecule has 0 fully saturated rings. The molecule has 0 heterocycles. The molecule has 2 nitrogen and oxygen atoms in total. The standard InChI is InChI=1S/C16H23BrO2/c1-3-4-12-19-16(18)15(17)11-7-10-14-9-6-5-8-13(14)2/h5-6,8-9,15H,3-4,7,10-12H2,1-2H3. The number of esters is 1. The lowest BCUT2D eigenvalue weighted by molar-refractivity contribution is -0.143. The topological polar surface area (TPSA) is 26.3 Å². The van der Waals surface area contributed by atoms with Gasteiger partial charge in [0.1, 0.15) is 4.83 Å². The lowest BCUT2D eigenvalue weighted by Gasteiger charge is -2.10. The number of aryl methyl sites for hydroxylation is 2. The van der Waals surface area contributed by atoms with Gasteiger partial charge >= 0.3 is 5.97 Å². The van der Waals surface area contributed by atoms with E-state index in [4.69, 9.17) is 4.74 Å². The molecule has 0 N–H and O–H groups in total. The van der Waals surface area contributed by atoms with Crippen molar-refractivity contribution in [3.8, 4) is 0 Å². The second-order valence-electron chi connectivity index (χ2n) is 4.81. The van der Waals surface area contributed by atoms with Gasteiger partial charge in [-0.25, -0.2) is 0 Å². The third-order valence-electron chi connectivity index (χ3n) is 3.16. The number of alkyl halides is 1. The maximum atomic E-state index is 11.7. The Morgan fingerprint density at radius 2 is 2.05 bits per heavy atom. The molecule has 0 aliphatic carbocycles. The van der Waals surface area contributed by atoms with Crippen LogP contribution in [0.5, 0.6) is 0 Å². The third kappa shape index (κ3) is 6.24. The average molecular weight is 327 g/mol. The number of unbranched alkanes of at least 4 members (excludes halogenated alkanes) is 1. The highest BCUT2D eigenvalue weighted by Crippen LogP contribution is 2.15. The van der Waals surface area contributed by atoms with Gasteiger partial charge in [0.05, 0.1) is 6.61 Å². The van der Waals surface area contributed by atoms with Crippen LogP contribution in [-0.4, -0.2) is 17.4 Å². The number of benzene rings is 1. The highest BCUT2D eigenvalue weighted by atomic mass is 79.9. The fourth-order valence-corrected chi connectivity index (χ4v) is 2.34. The highest BCUT2D eigenvalue weighted by Gasteiger charge is 2.15. The summed E-state index contributed by atoms with van der Waals surface area (Å²) in [7, 11) is 0. The number of hydrogen-bond acceptors (Lipinski definition) is 2. The third-order valence-corrected chi connectivity index (χ3v) is 3.99. The second kappa shape index (κ2) is 9.13. The van der Waals surface area contributed by atoms with E-state index in [1.54, 1.807) is 0 Å². The molecule has 0 radical (unpaired) electrons. The van der Waals surface area contributed by atoms with E-state index in [9.17, 15) is 4.79 Å². The Bertz CT molecular complexity index is 390. The van der Waals surface area contributed by atoms with Crippen LogP contribution >= 0.6 is 15.9 Å². The molecule has 106 valence electrons. The minimum Gasteiger partial charge on any atom is -0.465 e. The van der Waals surface area contributed by atoms with Crippen molar-refractivity contribution >= 4 is 21.9 Å². The van der Waals surface area contributed by atoms with Crippen molar-refractivity contribution in [2.24, 2.45) is 0 Å². The molecule has 1 unspecified atom stereocenters. The first kappa shape index (κ1) is 16.2. The van der Waals surface area contributed by atoms with Gasteiger partial charge in [0, 0.05) is 0 Å². The zero-order chi connectivity index (χ0) is 14.1. The molecule has 0 saturated carbocycles. The first-order valence-electron chi connectivity index (χ1n) is 7.00. The number of carbonyl (C=O) groups is 1. The van der Waals surface area contributed by atoms with Crippen molar-refractivity contribution in [2.75, 3.05) is 6.61 Å². The zero-order valence-electron chi connectivity index (χ0n) is 11.8. The van der Waals surface area contributed by atoms with Gasteiger partial charge < -0.3 is 4.74 Å². The summed E-state index contributed by atoms with van der Waals surface area (Å²) in [6.45, 7) is 4.75. The largest absolute Gasteiger partial charge is 0.465 e. The van der Waals surface area contributed by atoms with Gasteiger partial charge in [0.2, 0.25) is 0 Å². The van der Waals surface area contributed by atoms with Crippen molar-refractivity contribution in [3.05, 3.63) is 35.4 Å². The number of hydrogen-bond donors (Lipinski definition) is 0. The molecular formula is C16H23BrO2. The molecule has 1 rings (SSSR count). The van der Waals surface area contributed by atoms with Crippen molar-refractivity contribution in [3.63, 3.8) is 0 Å². The van der Waals surface area contributed by atoms with E-state index in [1.165, 1.54) is 11.1 Å². The first-order valence-corrected chi connectivity index (χ1v) is 7.92. The van der Waals surface area contributed by atoms with Crippen LogP contribution in [0.3, 0.4) is 0 Å². The molecule has 3 heteroatoms. The molecule has 0 saturated heterocycles. The fraction of sp³-hybridized carbons (Fsp3) is 0.562. The van der Waals surface area contributed by atoms with E-state index < -0.39 is 0 Å². The van der Waals surface area contributed by atoms with Crippen LogP contribution < -0.4 is 0 Å². The van der Waals surface area contributed by atoms with Crippen LogP contribution in [-0.2, 0) is 16.0 Å². The van der Waals surface area contributed by atoms with E-state index in [-0.39, 0.29) is 10.8 Å². The lowest BCUT2D eigenvalue weighted by Crippen LogP contribution is -2.18. The summed E-state index contributed by atoms with van der Waals surface area (Å²) in [5.74, 6) is -0.127. The Morgan fingerprint density at radius 3 is 2.74 bits per heavy atom. The molecule has 0 spiro atoms. The van der Waals surface area contributed by atoms with E-state index in [0.29, 0.717) is 6.61 Å². The Hall–Kier alpha value is -0.830. The van der Waals surface area contributed by atoms with E-state index >= 15 is 0 Å². The van der Waals surface area contributed by atoms with Gasteiger partial charge in [0.25, 0.3) is 0 Å². The van der Waals surface area contributed by atoms with Crippen LogP contribution in [0.25, 0.3) is 0 Å². The molecule has 0 aliphatic rings. The van der Waals surface area contributed by atoms with Crippen molar-refractivity contribution in [1.29, 1.82) is 0 Å². The average Bonchev–Trinajstić information content (AvgIpc) is 2.41. The summed E-state index contributed by atoms with van der Waals surface area (Å²) < 4.78 is 5.18. The normalized spacial score (nSPS) is 12.2. The SMILES string of the molecule is CCCCOC(=O)C(Br)CCCc1ccccc1C. The molecule has 0 amide bonds. The number of rotatable bonds is 8. The predicted molar refractivity (Wildman–Crippen MR) is 82.7 cm³/mol. The maximum absolute atomic E-state index is 11.7. The van der Waals surface area contributed by atoms with Crippen LogP contribution in [0.4, 0.5) is 0 Å². The van der Waals surface area contributed by atoms with E-state index in [0.717, 1.165) is 32.1 Å². The van der Waals surface area contributed by atoms with Gasteiger partial charge in [0.15, 0.2) is 0 Å². The van der Waals surface area contributed by atoms with Crippen molar-refractivity contribution in [2.45, 2.75) is 50.8 Å². The summed E-state index contributed by atoms with van der Waals surface area (Å²) in [6, 6.07) is 8.39. The highest BCUT2D eigenvalue weighted by molar-refractivity contribution is 9.10. The molecule has 0 bridgehead atoms. The summed E-state index contributed by atoms with van der Waals surface area (Å²) in [4.78, 5) is 11.5. The second-order valence-corrected chi connectivity index (χ2v) is 5.91. The Kier molecular flexibility index (Phi) is 7.80. The van der Waals surface area contributed by atoms with Gasteiger partial charge in [-0.3, -0.25) is 4.79 Å². The van der Waals surface area contributed by atoms with Crippen LogP contribution in [0.1, 0.15) is 43.7 Å². The summed E-state index contributed by atoms with van der Waals surface area (Å²) in [5, 5.41) is 0. The first-order chi connectivity index (χ1) is 9.15. The minimum absolute atomic E-state index is 0.127. The van der Waals surface area contributed by atoms with Crippen LogP contribution in [0, 0.1) is 6.92 Å². The van der Waals surface area contributed by atoms with Crippen LogP contribution in [0.15, 0.2) is 24.3 Å². The fourth-order valence-electron chi connectivity index (χ4n) is 1.89. The van der Waals surface area contributed by atoms with Gasteiger partial charge in [-0.2, -0.15) is 0 Å². The number of halogens is 1. The Balaban J connectivity index is 2.25. The summed E-state index contributed by atoms with van der Waals surface area (Å²) in [6.07, 6.45) is 4.81. The lowest BCUT2D eigenvalue weighted by atomic mass is 10.0. The number of carbonyl (C=O) groups excluding carboxylic acids is 1. The molecule has 1 atom stereocenters.